The molecule has 1 amide bonds. The highest BCUT2D eigenvalue weighted by atomic mass is 32.2. The molecule has 158 valence electrons. The van der Waals surface area contributed by atoms with Crippen molar-refractivity contribution in [3.05, 3.63) is 57.5 Å². The Labute approximate surface area is 182 Å². The van der Waals surface area contributed by atoms with E-state index in [0.29, 0.717) is 29.5 Å². The predicted octanol–water partition coefficient (Wildman–Crippen LogP) is 3.35. The molecule has 3 rings (SSSR count). The minimum absolute atomic E-state index is 0.0160. The van der Waals surface area contributed by atoms with E-state index in [9.17, 15) is 9.59 Å². The summed E-state index contributed by atoms with van der Waals surface area (Å²) in [6, 6.07) is 8.74. The molecule has 0 aliphatic carbocycles. The number of anilines is 1. The Kier molecular flexibility index (Phi) is 7.47. The van der Waals surface area contributed by atoms with Gasteiger partial charge in [-0.3, -0.25) is 9.59 Å². The Balaban J connectivity index is 1.79. The number of ether oxygens (including phenoxy) is 2. The quantitative estimate of drug-likeness (QED) is 0.504. The number of carbonyl (C=O) groups is 1. The van der Waals surface area contributed by atoms with Crippen LogP contribution in [0.2, 0.25) is 0 Å². The van der Waals surface area contributed by atoms with Crippen LogP contribution in [0.25, 0.3) is 0 Å². The van der Waals surface area contributed by atoms with Crippen molar-refractivity contribution in [1.29, 1.82) is 0 Å². The van der Waals surface area contributed by atoms with E-state index >= 15 is 0 Å². The summed E-state index contributed by atoms with van der Waals surface area (Å²) in [4.78, 5) is 25.0. The van der Waals surface area contributed by atoms with Crippen LogP contribution in [-0.2, 0) is 17.1 Å². The lowest BCUT2D eigenvalue weighted by atomic mass is 10.3. The lowest BCUT2D eigenvalue weighted by Crippen LogP contribution is -2.23. The molecule has 0 saturated carbocycles. The van der Waals surface area contributed by atoms with Gasteiger partial charge in [-0.05, 0) is 26.0 Å². The van der Waals surface area contributed by atoms with Crippen molar-refractivity contribution in [2.45, 2.75) is 30.5 Å². The molecule has 0 bridgehead atoms. The zero-order valence-corrected chi connectivity index (χ0v) is 18.5. The zero-order valence-electron chi connectivity index (χ0n) is 16.9. The van der Waals surface area contributed by atoms with Gasteiger partial charge < -0.3 is 19.4 Å². The molecule has 8 nitrogen and oxygen atoms in total. The fourth-order valence-corrected chi connectivity index (χ4v) is 4.50. The predicted molar refractivity (Wildman–Crippen MR) is 118 cm³/mol. The number of nitrogens with one attached hydrogen (secondary N) is 1. The maximum absolute atomic E-state index is 12.7. The molecular weight excluding hydrogens is 424 g/mol. The monoisotopic (exact) mass is 446 g/mol. The van der Waals surface area contributed by atoms with E-state index in [-0.39, 0.29) is 23.6 Å². The second-order valence-corrected chi connectivity index (χ2v) is 8.58. The number of methoxy groups -OCH3 is 1. The van der Waals surface area contributed by atoms with Crippen LogP contribution in [0.4, 0.5) is 5.69 Å². The molecule has 3 aromatic rings. The number of rotatable bonds is 9. The summed E-state index contributed by atoms with van der Waals surface area (Å²) >= 11 is 2.95. The third-order valence-electron chi connectivity index (χ3n) is 4.03. The van der Waals surface area contributed by atoms with Gasteiger partial charge in [0.05, 0.1) is 25.6 Å². The Morgan fingerprint density at radius 1 is 1.27 bits per heavy atom. The van der Waals surface area contributed by atoms with Crippen molar-refractivity contribution in [3.8, 4) is 11.5 Å². The molecule has 0 unspecified atom stereocenters. The number of carbonyl (C=O) groups excluding carboxylic acids is 1. The maximum atomic E-state index is 12.7. The van der Waals surface area contributed by atoms with Gasteiger partial charge in [0, 0.05) is 17.5 Å². The molecule has 30 heavy (non-hydrogen) atoms. The number of nitrogens with zero attached hydrogens (tertiary/aromatic N) is 3. The lowest BCUT2D eigenvalue weighted by molar-refractivity contribution is -0.116. The fraction of sp³-hybridized carbons (Fsp3) is 0.300. The summed E-state index contributed by atoms with van der Waals surface area (Å²) in [7, 11) is 1.43. The Morgan fingerprint density at radius 3 is 2.77 bits per heavy atom. The summed E-state index contributed by atoms with van der Waals surface area (Å²) in [5.74, 6) is 1.01. The highest BCUT2D eigenvalue weighted by Crippen LogP contribution is 2.26. The third-order valence-corrected chi connectivity index (χ3v) is 6.03. The number of hydrogen-bond donors (Lipinski definition) is 1. The number of aryl methyl sites for hydroxylation is 1. The minimum Gasteiger partial charge on any atom is -0.492 e. The topological polar surface area (TPSA) is 95.3 Å². The van der Waals surface area contributed by atoms with Crippen molar-refractivity contribution in [1.82, 2.24) is 14.8 Å². The molecule has 10 heteroatoms. The number of thioether (sulfide) groups is 1. The van der Waals surface area contributed by atoms with Crippen LogP contribution in [0.5, 0.6) is 11.5 Å². The van der Waals surface area contributed by atoms with Gasteiger partial charge in [-0.15, -0.1) is 10.2 Å². The number of amides is 1. The lowest BCUT2D eigenvalue weighted by Gasteiger charge is -2.15. The Hall–Kier alpha value is -2.85. The van der Waals surface area contributed by atoms with Gasteiger partial charge in [0.2, 0.25) is 11.3 Å². The van der Waals surface area contributed by atoms with E-state index in [1.165, 1.54) is 36.3 Å². The standard InChI is InChI=1S/C20H22N4O4S2/c1-4-28-17-8-6-5-7-15(17)21-19(26)11-24-10-18(27-3)16(25)9-14(24)12-29-20-23-22-13(2)30-20/h5-10H,4,11-12H2,1-3H3,(H,21,26). The summed E-state index contributed by atoms with van der Waals surface area (Å²) in [6.45, 7) is 4.28. The van der Waals surface area contributed by atoms with Crippen molar-refractivity contribution in [2.24, 2.45) is 0 Å². The van der Waals surface area contributed by atoms with E-state index < -0.39 is 0 Å². The van der Waals surface area contributed by atoms with E-state index in [2.05, 4.69) is 15.5 Å². The normalized spacial score (nSPS) is 10.6. The third kappa shape index (κ3) is 5.61. The Morgan fingerprint density at radius 2 is 2.07 bits per heavy atom. The summed E-state index contributed by atoms with van der Waals surface area (Å²) in [5, 5.41) is 11.8. The second kappa shape index (κ2) is 10.3. The first-order valence-corrected chi connectivity index (χ1v) is 11.0. The summed E-state index contributed by atoms with van der Waals surface area (Å²) in [5.41, 5.74) is 1.05. The van der Waals surface area contributed by atoms with Crippen LogP contribution in [0.15, 0.2) is 45.7 Å². The molecule has 0 aliphatic heterocycles. The fourth-order valence-electron chi connectivity index (χ4n) is 2.69. The van der Waals surface area contributed by atoms with Crippen LogP contribution in [0.3, 0.4) is 0 Å². The van der Waals surface area contributed by atoms with Crippen LogP contribution in [0.1, 0.15) is 17.6 Å². The van der Waals surface area contributed by atoms with E-state index in [1.54, 1.807) is 22.9 Å². The van der Waals surface area contributed by atoms with Crippen LogP contribution >= 0.6 is 23.1 Å². The molecule has 2 heterocycles. The van der Waals surface area contributed by atoms with Gasteiger partial charge >= 0.3 is 0 Å². The molecule has 0 atom stereocenters. The molecule has 0 saturated heterocycles. The molecule has 0 aliphatic rings. The summed E-state index contributed by atoms with van der Waals surface area (Å²) < 4.78 is 13.2. The first-order chi connectivity index (χ1) is 14.5. The molecule has 1 N–H and O–H groups in total. The van der Waals surface area contributed by atoms with Gasteiger partial charge in [-0.25, -0.2) is 0 Å². The first-order valence-electron chi connectivity index (χ1n) is 9.22. The number of aromatic nitrogens is 3. The van der Waals surface area contributed by atoms with E-state index in [4.69, 9.17) is 9.47 Å². The van der Waals surface area contributed by atoms with Crippen LogP contribution in [0, 0.1) is 6.92 Å². The van der Waals surface area contributed by atoms with Crippen molar-refractivity contribution in [3.63, 3.8) is 0 Å². The maximum Gasteiger partial charge on any atom is 0.244 e. The highest BCUT2D eigenvalue weighted by molar-refractivity contribution is 8.00. The SMILES string of the molecule is CCOc1ccccc1NC(=O)Cn1cc(OC)c(=O)cc1CSc1nnc(C)s1. The molecular formula is C20H22N4O4S2. The second-order valence-electron chi connectivity index (χ2n) is 6.18. The number of pyridine rings is 1. The molecule has 0 radical (unpaired) electrons. The number of para-hydroxylation sites is 2. The minimum atomic E-state index is -0.245. The number of benzene rings is 1. The van der Waals surface area contributed by atoms with Crippen LogP contribution in [-0.4, -0.2) is 34.4 Å². The largest absolute Gasteiger partial charge is 0.492 e. The van der Waals surface area contributed by atoms with Gasteiger partial charge in [0.1, 0.15) is 17.3 Å². The van der Waals surface area contributed by atoms with Crippen LogP contribution < -0.4 is 20.2 Å². The Bertz CT molecular complexity index is 1080. The van der Waals surface area contributed by atoms with Crippen molar-refractivity contribution >= 4 is 34.7 Å². The number of hydrogen-bond acceptors (Lipinski definition) is 8. The molecule has 0 spiro atoms. The highest BCUT2D eigenvalue weighted by Gasteiger charge is 2.13. The van der Waals surface area contributed by atoms with Crippen molar-refractivity contribution < 1.29 is 14.3 Å². The van der Waals surface area contributed by atoms with Crippen molar-refractivity contribution in [2.75, 3.05) is 19.0 Å². The molecule has 2 aromatic heterocycles. The first kappa shape index (κ1) is 21.8. The van der Waals surface area contributed by atoms with Gasteiger partial charge in [0.15, 0.2) is 10.1 Å². The van der Waals surface area contributed by atoms with Gasteiger partial charge in [-0.2, -0.15) is 0 Å². The van der Waals surface area contributed by atoms with E-state index in [1.807, 2.05) is 26.0 Å². The van der Waals surface area contributed by atoms with Gasteiger partial charge in [0.25, 0.3) is 0 Å². The molecule has 0 fully saturated rings. The summed E-state index contributed by atoms with van der Waals surface area (Å²) in [6.07, 6.45) is 1.55. The zero-order chi connectivity index (χ0) is 21.5. The molecule has 1 aromatic carbocycles. The van der Waals surface area contributed by atoms with Gasteiger partial charge in [-0.1, -0.05) is 35.2 Å². The average Bonchev–Trinajstić information content (AvgIpc) is 3.14. The van der Waals surface area contributed by atoms with E-state index in [0.717, 1.165) is 9.35 Å². The smallest absolute Gasteiger partial charge is 0.244 e. The average molecular weight is 447 g/mol.